The molecule has 4 nitrogen and oxygen atoms in total. The van der Waals surface area contributed by atoms with Crippen molar-refractivity contribution < 1.29 is 4.79 Å². The van der Waals surface area contributed by atoms with Crippen LogP contribution in [0, 0.1) is 6.92 Å². The summed E-state index contributed by atoms with van der Waals surface area (Å²) in [5.41, 5.74) is 2.28. The number of para-hydroxylation sites is 1. The van der Waals surface area contributed by atoms with Crippen LogP contribution in [0.1, 0.15) is 23.1 Å². The molecule has 0 atom stereocenters. The summed E-state index contributed by atoms with van der Waals surface area (Å²) in [6.45, 7) is 4.54. The van der Waals surface area contributed by atoms with Crippen molar-refractivity contribution >= 4 is 23.4 Å². The van der Waals surface area contributed by atoms with Crippen molar-refractivity contribution in [1.29, 1.82) is 0 Å². The van der Waals surface area contributed by atoms with E-state index in [1.807, 2.05) is 44.4 Å². The first-order chi connectivity index (χ1) is 9.15. The first kappa shape index (κ1) is 13.7. The number of nitrogens with zero attached hydrogens (tertiary/aromatic N) is 2. The molecule has 19 heavy (non-hydrogen) atoms. The minimum absolute atomic E-state index is 0.121. The van der Waals surface area contributed by atoms with Gasteiger partial charge in [0, 0.05) is 11.4 Å². The average Bonchev–Trinajstić information content (AvgIpc) is 2.80. The highest BCUT2D eigenvalue weighted by Crippen LogP contribution is 2.25. The number of aryl methyl sites for hydroxylation is 2. The summed E-state index contributed by atoms with van der Waals surface area (Å²) < 4.78 is 1.71. The minimum Gasteiger partial charge on any atom is -0.320 e. The number of hydrogen-bond acceptors (Lipinski definition) is 3. The molecule has 1 amide bonds. The van der Waals surface area contributed by atoms with E-state index < -0.39 is 0 Å². The number of nitrogens with one attached hydrogen (secondary N) is 1. The Morgan fingerprint density at radius 3 is 2.84 bits per heavy atom. The molecule has 0 unspecified atom stereocenters. The van der Waals surface area contributed by atoms with Crippen LogP contribution in [0.15, 0.2) is 35.2 Å². The van der Waals surface area contributed by atoms with Crippen molar-refractivity contribution in [2.24, 2.45) is 0 Å². The van der Waals surface area contributed by atoms with Gasteiger partial charge in [0.1, 0.15) is 5.69 Å². The van der Waals surface area contributed by atoms with Crippen molar-refractivity contribution in [2.45, 2.75) is 25.3 Å². The Hall–Kier alpha value is -1.75. The molecule has 0 aliphatic rings. The molecule has 0 aliphatic heterocycles. The normalized spacial score (nSPS) is 10.5. The van der Waals surface area contributed by atoms with Gasteiger partial charge >= 0.3 is 0 Å². The predicted molar refractivity (Wildman–Crippen MR) is 78.8 cm³/mol. The monoisotopic (exact) mass is 275 g/mol. The van der Waals surface area contributed by atoms with Crippen LogP contribution in [0.5, 0.6) is 0 Å². The largest absolute Gasteiger partial charge is 0.320 e. The third-order valence-corrected chi connectivity index (χ3v) is 3.59. The predicted octanol–water partition coefficient (Wildman–Crippen LogP) is 3.19. The number of hydrogen-bond donors (Lipinski definition) is 1. The van der Waals surface area contributed by atoms with E-state index in [9.17, 15) is 4.79 Å². The number of benzene rings is 1. The number of aromatic nitrogens is 2. The first-order valence-corrected chi connectivity index (χ1v) is 7.37. The van der Waals surface area contributed by atoms with Crippen molar-refractivity contribution in [2.75, 3.05) is 11.6 Å². The quantitative estimate of drug-likeness (QED) is 0.872. The number of anilines is 1. The molecule has 0 saturated carbocycles. The highest BCUT2D eigenvalue weighted by molar-refractivity contribution is 7.98. The maximum absolute atomic E-state index is 12.3. The van der Waals surface area contributed by atoms with Crippen LogP contribution in [-0.2, 0) is 6.54 Å². The Kier molecular flexibility index (Phi) is 4.27. The fourth-order valence-corrected chi connectivity index (χ4v) is 2.46. The molecule has 100 valence electrons. The van der Waals surface area contributed by atoms with E-state index in [0.717, 1.165) is 16.3 Å². The second-order valence-corrected chi connectivity index (χ2v) is 4.99. The fraction of sp³-hybridized carbons (Fsp3) is 0.286. The van der Waals surface area contributed by atoms with Crippen molar-refractivity contribution in [1.82, 2.24) is 9.78 Å². The molecular weight excluding hydrogens is 258 g/mol. The van der Waals surface area contributed by atoms with Gasteiger partial charge in [-0.15, -0.1) is 11.8 Å². The van der Waals surface area contributed by atoms with Gasteiger partial charge in [0.15, 0.2) is 0 Å². The van der Waals surface area contributed by atoms with E-state index in [2.05, 4.69) is 10.4 Å². The van der Waals surface area contributed by atoms with Gasteiger partial charge in [0.2, 0.25) is 0 Å². The topological polar surface area (TPSA) is 46.9 Å². The molecule has 1 heterocycles. The molecule has 2 aromatic rings. The van der Waals surface area contributed by atoms with Gasteiger partial charge in [-0.1, -0.05) is 12.1 Å². The Bertz CT molecular complexity index is 592. The number of rotatable bonds is 4. The van der Waals surface area contributed by atoms with Gasteiger partial charge in [0.25, 0.3) is 5.91 Å². The summed E-state index contributed by atoms with van der Waals surface area (Å²) in [6, 6.07) is 9.58. The van der Waals surface area contributed by atoms with Gasteiger partial charge in [-0.25, -0.2) is 0 Å². The molecular formula is C14H17N3OS. The Morgan fingerprint density at radius 1 is 1.42 bits per heavy atom. The smallest absolute Gasteiger partial charge is 0.273 e. The summed E-state index contributed by atoms with van der Waals surface area (Å²) >= 11 is 1.61. The Labute approximate surface area is 117 Å². The maximum Gasteiger partial charge on any atom is 0.273 e. The summed E-state index contributed by atoms with van der Waals surface area (Å²) in [5.74, 6) is -0.121. The molecule has 2 rings (SSSR count). The van der Waals surface area contributed by atoms with Crippen LogP contribution in [0.25, 0.3) is 0 Å². The number of carbonyl (C=O) groups excluding carboxylic acids is 1. The van der Waals surface area contributed by atoms with Gasteiger partial charge in [-0.2, -0.15) is 5.10 Å². The minimum atomic E-state index is -0.121. The second-order valence-electron chi connectivity index (χ2n) is 4.14. The number of thioether (sulfide) groups is 1. The Morgan fingerprint density at radius 2 is 2.16 bits per heavy atom. The van der Waals surface area contributed by atoms with Crippen LogP contribution in [0.4, 0.5) is 5.69 Å². The van der Waals surface area contributed by atoms with Crippen molar-refractivity contribution in [3.63, 3.8) is 0 Å². The van der Waals surface area contributed by atoms with E-state index >= 15 is 0 Å². The molecule has 0 radical (unpaired) electrons. The molecule has 0 bridgehead atoms. The lowest BCUT2D eigenvalue weighted by Crippen LogP contribution is -2.17. The molecule has 1 N–H and O–H groups in total. The van der Waals surface area contributed by atoms with Gasteiger partial charge in [0.05, 0.1) is 11.4 Å². The summed E-state index contributed by atoms with van der Waals surface area (Å²) in [6.07, 6.45) is 1.99. The van der Waals surface area contributed by atoms with Crippen LogP contribution in [0.2, 0.25) is 0 Å². The van der Waals surface area contributed by atoms with Crippen LogP contribution in [0.3, 0.4) is 0 Å². The lowest BCUT2D eigenvalue weighted by Gasteiger charge is -2.09. The third-order valence-electron chi connectivity index (χ3n) is 2.79. The molecule has 1 aromatic carbocycles. The second kappa shape index (κ2) is 5.93. The lowest BCUT2D eigenvalue weighted by molar-refractivity contribution is 0.101. The Balaban J connectivity index is 2.25. The third kappa shape index (κ3) is 2.98. The highest BCUT2D eigenvalue weighted by Gasteiger charge is 2.14. The van der Waals surface area contributed by atoms with Crippen molar-refractivity contribution in [3.8, 4) is 0 Å². The van der Waals surface area contributed by atoms with Crippen LogP contribution < -0.4 is 5.32 Å². The molecule has 0 aliphatic carbocycles. The van der Waals surface area contributed by atoms with E-state index in [4.69, 9.17) is 0 Å². The number of carbonyl (C=O) groups is 1. The van der Waals surface area contributed by atoms with E-state index in [0.29, 0.717) is 12.2 Å². The molecule has 5 heteroatoms. The standard InChI is InChI=1S/C14H17N3OS/c1-4-17-12(9-10(2)16-17)14(18)15-11-7-5-6-8-13(11)19-3/h5-9H,4H2,1-3H3,(H,15,18). The SMILES string of the molecule is CCn1nc(C)cc1C(=O)Nc1ccccc1SC. The molecule has 0 fully saturated rings. The van der Waals surface area contributed by atoms with Gasteiger partial charge < -0.3 is 5.32 Å². The molecule has 0 spiro atoms. The van der Waals surface area contributed by atoms with E-state index in [1.165, 1.54) is 0 Å². The maximum atomic E-state index is 12.3. The zero-order valence-corrected chi connectivity index (χ0v) is 12.1. The van der Waals surface area contributed by atoms with Gasteiger partial charge in [-0.05, 0) is 38.3 Å². The van der Waals surface area contributed by atoms with Gasteiger partial charge in [-0.3, -0.25) is 9.48 Å². The fourth-order valence-electron chi connectivity index (χ4n) is 1.90. The number of amides is 1. The molecule has 0 saturated heterocycles. The first-order valence-electron chi connectivity index (χ1n) is 6.14. The average molecular weight is 275 g/mol. The molecule has 1 aromatic heterocycles. The summed E-state index contributed by atoms with van der Waals surface area (Å²) in [7, 11) is 0. The van der Waals surface area contributed by atoms with E-state index in [1.54, 1.807) is 22.5 Å². The van der Waals surface area contributed by atoms with Crippen LogP contribution >= 0.6 is 11.8 Å². The summed E-state index contributed by atoms with van der Waals surface area (Å²) in [5, 5.41) is 7.23. The van der Waals surface area contributed by atoms with E-state index in [-0.39, 0.29) is 5.91 Å². The lowest BCUT2D eigenvalue weighted by atomic mass is 10.3. The van der Waals surface area contributed by atoms with Crippen molar-refractivity contribution in [3.05, 3.63) is 41.7 Å². The zero-order valence-electron chi connectivity index (χ0n) is 11.3. The summed E-state index contributed by atoms with van der Waals surface area (Å²) in [4.78, 5) is 13.3. The zero-order chi connectivity index (χ0) is 13.8. The van der Waals surface area contributed by atoms with Crippen LogP contribution in [-0.4, -0.2) is 21.9 Å². The highest BCUT2D eigenvalue weighted by atomic mass is 32.2.